The molecular formula is C11H11N5OS. The predicted molar refractivity (Wildman–Crippen MR) is 71.7 cm³/mol. The molecule has 0 bridgehead atoms. The highest BCUT2D eigenvalue weighted by Gasteiger charge is 2.12. The smallest absolute Gasteiger partial charge is 0.278 e. The number of nitrogen functional groups attached to an aromatic ring is 1. The van der Waals surface area contributed by atoms with Crippen LogP contribution >= 0.6 is 11.3 Å². The first kappa shape index (κ1) is 11.0. The summed E-state index contributed by atoms with van der Waals surface area (Å²) in [6.45, 7) is 4.09. The number of nitrogens with zero attached hydrogens (tertiary/aromatic N) is 2. The topological polar surface area (TPSA) is 100 Å². The van der Waals surface area contributed by atoms with Crippen LogP contribution in [0.1, 0.15) is 10.4 Å². The minimum Gasteiger partial charge on any atom is -0.369 e. The molecule has 6 nitrogen and oxygen atoms in total. The van der Waals surface area contributed by atoms with Crippen molar-refractivity contribution < 1.29 is 0 Å². The molecule has 4 N–H and O–H groups in total. The van der Waals surface area contributed by atoms with Gasteiger partial charge >= 0.3 is 0 Å². The Labute approximate surface area is 106 Å². The molecule has 18 heavy (non-hydrogen) atoms. The van der Waals surface area contributed by atoms with Crippen LogP contribution in [-0.4, -0.2) is 19.9 Å². The minimum absolute atomic E-state index is 0.0732. The lowest BCUT2D eigenvalue weighted by molar-refractivity contribution is 1.17. The van der Waals surface area contributed by atoms with Crippen molar-refractivity contribution >= 4 is 28.4 Å². The molecule has 0 spiro atoms. The van der Waals surface area contributed by atoms with E-state index in [0.29, 0.717) is 17.0 Å². The van der Waals surface area contributed by atoms with Gasteiger partial charge in [0.05, 0.1) is 4.88 Å². The molecule has 0 aliphatic heterocycles. The van der Waals surface area contributed by atoms with Gasteiger partial charge in [-0.2, -0.15) is 4.98 Å². The maximum Gasteiger partial charge on any atom is 0.278 e. The van der Waals surface area contributed by atoms with E-state index in [9.17, 15) is 4.79 Å². The zero-order valence-electron chi connectivity index (χ0n) is 9.87. The van der Waals surface area contributed by atoms with E-state index in [1.54, 1.807) is 11.3 Å². The second kappa shape index (κ2) is 3.67. The van der Waals surface area contributed by atoms with Gasteiger partial charge in [0.1, 0.15) is 0 Å². The highest BCUT2D eigenvalue weighted by molar-refractivity contribution is 7.15. The number of rotatable bonds is 1. The van der Waals surface area contributed by atoms with Crippen LogP contribution < -0.4 is 11.3 Å². The molecule has 92 valence electrons. The van der Waals surface area contributed by atoms with E-state index >= 15 is 0 Å². The number of thiophene rings is 1. The van der Waals surface area contributed by atoms with Gasteiger partial charge in [0, 0.05) is 4.88 Å². The van der Waals surface area contributed by atoms with Crippen LogP contribution in [0.5, 0.6) is 0 Å². The molecule has 0 atom stereocenters. The second-order valence-electron chi connectivity index (χ2n) is 4.09. The first-order chi connectivity index (χ1) is 8.54. The highest BCUT2D eigenvalue weighted by Crippen LogP contribution is 2.29. The van der Waals surface area contributed by atoms with Crippen LogP contribution in [0.25, 0.3) is 21.9 Å². The fourth-order valence-corrected chi connectivity index (χ4v) is 2.71. The maximum atomic E-state index is 11.7. The third-order valence-corrected chi connectivity index (χ3v) is 3.94. The number of imidazole rings is 1. The zero-order valence-corrected chi connectivity index (χ0v) is 10.7. The van der Waals surface area contributed by atoms with E-state index < -0.39 is 0 Å². The maximum absolute atomic E-state index is 11.7. The van der Waals surface area contributed by atoms with Crippen LogP contribution in [0.3, 0.4) is 0 Å². The number of aryl methyl sites for hydroxylation is 2. The highest BCUT2D eigenvalue weighted by atomic mass is 32.1. The number of nitrogens with one attached hydrogen (secondary N) is 2. The molecule has 0 fully saturated rings. The first-order valence-electron chi connectivity index (χ1n) is 5.37. The Bertz CT molecular complexity index is 778. The molecule has 0 aliphatic carbocycles. The predicted octanol–water partition coefficient (Wildman–Crippen LogP) is 1.57. The minimum atomic E-state index is -0.304. The number of nitrogens with two attached hydrogens (primary N) is 1. The lowest BCUT2D eigenvalue weighted by atomic mass is 10.3. The van der Waals surface area contributed by atoms with Gasteiger partial charge in [-0.1, -0.05) is 0 Å². The number of aromatic nitrogens is 4. The van der Waals surface area contributed by atoms with Crippen LogP contribution in [0, 0.1) is 13.8 Å². The fraction of sp³-hybridized carbons (Fsp3) is 0.182. The number of H-pyrrole nitrogens is 2. The monoisotopic (exact) mass is 261 g/mol. The fourth-order valence-electron chi connectivity index (χ4n) is 1.73. The third-order valence-electron chi connectivity index (χ3n) is 2.78. The average Bonchev–Trinajstić information content (AvgIpc) is 2.84. The molecule has 0 saturated heterocycles. The molecule has 0 aliphatic rings. The van der Waals surface area contributed by atoms with E-state index in [4.69, 9.17) is 5.73 Å². The van der Waals surface area contributed by atoms with Crippen molar-refractivity contribution in [1.82, 2.24) is 19.9 Å². The summed E-state index contributed by atoms with van der Waals surface area (Å²) in [5.74, 6) is 0.721. The van der Waals surface area contributed by atoms with Crippen molar-refractivity contribution in [2.75, 3.05) is 5.73 Å². The summed E-state index contributed by atoms with van der Waals surface area (Å²) in [7, 11) is 0. The normalized spacial score (nSPS) is 11.2. The van der Waals surface area contributed by atoms with Crippen molar-refractivity contribution in [2.45, 2.75) is 13.8 Å². The van der Waals surface area contributed by atoms with Crippen molar-refractivity contribution in [3.8, 4) is 10.7 Å². The summed E-state index contributed by atoms with van der Waals surface area (Å²) in [6, 6.07) is 2.04. The Morgan fingerprint density at radius 3 is 2.72 bits per heavy atom. The quantitative estimate of drug-likeness (QED) is 0.619. The molecule has 3 rings (SSSR count). The van der Waals surface area contributed by atoms with Crippen molar-refractivity contribution in [1.29, 1.82) is 0 Å². The van der Waals surface area contributed by atoms with Crippen molar-refractivity contribution in [3.05, 3.63) is 26.9 Å². The van der Waals surface area contributed by atoms with Crippen LogP contribution in [-0.2, 0) is 0 Å². The summed E-state index contributed by atoms with van der Waals surface area (Å²) < 4.78 is 0. The summed E-state index contributed by atoms with van der Waals surface area (Å²) >= 11 is 1.63. The summed E-state index contributed by atoms with van der Waals surface area (Å²) in [5.41, 5.74) is 7.08. The Balaban J connectivity index is 2.25. The zero-order chi connectivity index (χ0) is 12.9. The lowest BCUT2D eigenvalue weighted by Gasteiger charge is -1.89. The van der Waals surface area contributed by atoms with Crippen LogP contribution in [0.2, 0.25) is 0 Å². The van der Waals surface area contributed by atoms with E-state index in [1.165, 1.54) is 10.4 Å². The van der Waals surface area contributed by atoms with Crippen molar-refractivity contribution in [2.24, 2.45) is 0 Å². The lowest BCUT2D eigenvalue weighted by Crippen LogP contribution is -2.10. The van der Waals surface area contributed by atoms with Gasteiger partial charge in [-0.05, 0) is 25.5 Å². The number of fused-ring (bicyclic) bond motifs is 1. The molecule has 3 aromatic heterocycles. The van der Waals surface area contributed by atoms with Gasteiger partial charge in [0.15, 0.2) is 17.0 Å². The van der Waals surface area contributed by atoms with Crippen molar-refractivity contribution in [3.63, 3.8) is 0 Å². The van der Waals surface area contributed by atoms with Gasteiger partial charge < -0.3 is 10.7 Å². The summed E-state index contributed by atoms with van der Waals surface area (Å²) in [5, 5.41) is 0. The SMILES string of the molecule is Cc1cc(-c2nc3nc(N)[nH]c(=O)c3[nH]2)sc1C. The van der Waals surface area contributed by atoms with E-state index in [0.717, 1.165) is 4.88 Å². The van der Waals surface area contributed by atoms with Crippen LogP contribution in [0.15, 0.2) is 10.9 Å². The Morgan fingerprint density at radius 1 is 1.28 bits per heavy atom. The third kappa shape index (κ3) is 1.60. The standard InChI is InChI=1S/C11H11N5OS/c1-4-3-6(18-5(4)2)8-13-7-9(14-8)15-11(12)16-10(7)17/h3H,1-2H3,(H4,12,13,14,15,16,17). The average molecular weight is 261 g/mol. The molecule has 3 heterocycles. The molecule has 0 aromatic carbocycles. The number of hydrogen-bond donors (Lipinski definition) is 3. The Kier molecular flexibility index (Phi) is 2.24. The van der Waals surface area contributed by atoms with E-state index in [2.05, 4.69) is 26.9 Å². The molecule has 0 radical (unpaired) electrons. The summed E-state index contributed by atoms with van der Waals surface area (Å²) in [4.78, 5) is 27.6. The van der Waals surface area contributed by atoms with Gasteiger partial charge in [0.25, 0.3) is 5.56 Å². The van der Waals surface area contributed by atoms with E-state index in [-0.39, 0.29) is 11.5 Å². The van der Waals surface area contributed by atoms with Gasteiger partial charge in [0.2, 0.25) is 5.95 Å². The van der Waals surface area contributed by atoms with Gasteiger partial charge in [-0.3, -0.25) is 9.78 Å². The number of hydrogen-bond acceptors (Lipinski definition) is 5. The van der Waals surface area contributed by atoms with Crippen LogP contribution in [0.4, 0.5) is 5.95 Å². The molecule has 0 unspecified atom stereocenters. The molecule has 0 amide bonds. The number of anilines is 1. The Morgan fingerprint density at radius 2 is 2.06 bits per heavy atom. The molecule has 0 saturated carbocycles. The molecule has 3 aromatic rings. The first-order valence-corrected chi connectivity index (χ1v) is 6.19. The largest absolute Gasteiger partial charge is 0.369 e. The number of aromatic amines is 2. The van der Waals surface area contributed by atoms with Gasteiger partial charge in [-0.15, -0.1) is 11.3 Å². The second-order valence-corrected chi connectivity index (χ2v) is 5.34. The molecule has 7 heteroatoms. The van der Waals surface area contributed by atoms with Gasteiger partial charge in [-0.25, -0.2) is 4.98 Å². The summed E-state index contributed by atoms with van der Waals surface area (Å²) in [6.07, 6.45) is 0. The Hall–Kier alpha value is -2.15. The molecular weight excluding hydrogens is 250 g/mol. The van der Waals surface area contributed by atoms with E-state index in [1.807, 2.05) is 13.0 Å².